The Morgan fingerprint density at radius 2 is 0.673 bits per heavy atom. The first kappa shape index (κ1) is 33.2. The van der Waals surface area contributed by atoms with E-state index >= 15 is 0 Å². The van der Waals surface area contributed by atoms with Crippen LogP contribution in [0.4, 0.5) is 11.6 Å². The third kappa shape index (κ3) is 5.24. The summed E-state index contributed by atoms with van der Waals surface area (Å²) in [7, 11) is 0. The fraction of sp³-hybridized carbons (Fsp3) is 0.220. The van der Waals surface area contributed by atoms with Crippen LogP contribution in [0.3, 0.4) is 0 Å². The largest absolute Gasteiger partial charge is 0.291 e. The Morgan fingerprint density at radius 1 is 0.347 bits per heavy atom. The Morgan fingerprint density at radius 3 is 1.12 bits per heavy atom. The van der Waals surface area contributed by atoms with Gasteiger partial charge >= 0.3 is 0 Å². The molecule has 0 atom stereocenters. The molecule has 4 aromatic carbocycles. The predicted octanol–water partition coefficient (Wildman–Crippen LogP) is 9.15. The number of aliphatic imine (C=N–C) groups is 4. The lowest BCUT2D eigenvalue weighted by Crippen LogP contribution is -2.33. The van der Waals surface area contributed by atoms with Crippen LogP contribution in [-0.2, 0) is 6.67 Å². The standard InChI is InChI=1S/C33H18N8.4C2H6/c1-3-11-20-18(9-1)26-34-27-19-10-2-4-12-21(19)29(36-27)38-31-23-14-6-8-16-25(23)33-39-32-24-15-7-5-13-22(24)30(37-28(20)35-26)40(32)17-41(31)33;4*1-2/h1-16H,17H2;4*1-2H3. The van der Waals surface area contributed by atoms with Gasteiger partial charge in [-0.3, -0.25) is 9.13 Å². The Balaban J connectivity index is 0.000000489. The SMILES string of the molecule is CC.CC.CC.CC.c1ccc2c(c1)C1=NC3=NC(=Nc4c5ccccc5c5n4Cn4c(c6ccccc6c4=N5)=NC2=N1)c1ccccc13. The predicted molar refractivity (Wildman–Crippen MR) is 205 cm³/mol. The molecule has 0 fully saturated rings. The molecule has 4 aliphatic rings. The van der Waals surface area contributed by atoms with Crippen LogP contribution in [0.25, 0.3) is 21.5 Å². The van der Waals surface area contributed by atoms with Crippen molar-refractivity contribution in [3.05, 3.63) is 130 Å². The molecule has 6 bridgehead atoms. The van der Waals surface area contributed by atoms with E-state index in [2.05, 4.69) is 45.5 Å². The van der Waals surface area contributed by atoms with Gasteiger partial charge in [-0.15, -0.1) is 0 Å². The van der Waals surface area contributed by atoms with Crippen LogP contribution in [0, 0.1) is 0 Å². The van der Waals surface area contributed by atoms with Crippen LogP contribution >= 0.6 is 0 Å². The van der Waals surface area contributed by atoms with E-state index in [-0.39, 0.29) is 0 Å². The molecule has 6 heterocycles. The van der Waals surface area contributed by atoms with Gasteiger partial charge in [0.2, 0.25) is 0 Å². The number of aromatic nitrogens is 2. The zero-order valence-electron chi connectivity index (χ0n) is 29.5. The van der Waals surface area contributed by atoms with E-state index in [1.165, 1.54) is 0 Å². The van der Waals surface area contributed by atoms with Gasteiger partial charge in [-0.2, -0.15) is 0 Å². The second-order valence-electron chi connectivity index (χ2n) is 10.4. The molecule has 0 amide bonds. The summed E-state index contributed by atoms with van der Waals surface area (Å²) < 4.78 is 4.34. The van der Waals surface area contributed by atoms with Crippen molar-refractivity contribution in [3.8, 4) is 0 Å². The lowest BCUT2D eigenvalue weighted by molar-refractivity contribution is 0.561. The Kier molecular flexibility index (Phi) is 9.58. The van der Waals surface area contributed by atoms with Gasteiger partial charge in [0.15, 0.2) is 23.3 Å². The second-order valence-corrected chi connectivity index (χ2v) is 10.4. The van der Waals surface area contributed by atoms with Gasteiger partial charge in [-0.25, -0.2) is 30.0 Å². The summed E-state index contributed by atoms with van der Waals surface area (Å²) in [6.07, 6.45) is 0. The third-order valence-corrected chi connectivity index (χ3v) is 8.21. The lowest BCUT2D eigenvalue weighted by Gasteiger charge is -2.15. The van der Waals surface area contributed by atoms with Gasteiger partial charge in [-0.1, -0.05) is 152 Å². The molecule has 8 nitrogen and oxygen atoms in total. The number of hydrogen-bond acceptors (Lipinski definition) is 6. The maximum atomic E-state index is 5.27. The molecule has 8 heteroatoms. The summed E-state index contributed by atoms with van der Waals surface area (Å²) in [6, 6.07) is 32.9. The van der Waals surface area contributed by atoms with Crippen LogP contribution < -0.4 is 11.0 Å². The lowest BCUT2D eigenvalue weighted by atomic mass is 10.1. The van der Waals surface area contributed by atoms with E-state index < -0.39 is 0 Å². The van der Waals surface area contributed by atoms with Gasteiger partial charge in [0.1, 0.15) is 29.3 Å². The molecule has 246 valence electrons. The molecule has 0 spiro atoms. The van der Waals surface area contributed by atoms with Crippen molar-refractivity contribution in [2.24, 2.45) is 30.0 Å². The normalized spacial score (nSPS) is 13.6. The number of benzene rings is 4. The topological polar surface area (TPSA) is 84.0 Å². The van der Waals surface area contributed by atoms with Crippen molar-refractivity contribution in [3.63, 3.8) is 0 Å². The molecule has 0 aliphatic carbocycles. The third-order valence-electron chi connectivity index (χ3n) is 8.21. The van der Waals surface area contributed by atoms with Crippen molar-refractivity contribution in [1.29, 1.82) is 0 Å². The van der Waals surface area contributed by atoms with Crippen molar-refractivity contribution in [2.75, 3.05) is 0 Å². The first-order chi connectivity index (χ1) is 24.3. The van der Waals surface area contributed by atoms with E-state index in [9.17, 15) is 0 Å². The summed E-state index contributed by atoms with van der Waals surface area (Å²) in [4.78, 5) is 30.7. The zero-order valence-corrected chi connectivity index (χ0v) is 29.5. The monoisotopic (exact) mass is 646 g/mol. The molecule has 0 unspecified atom stereocenters. The molecule has 49 heavy (non-hydrogen) atoms. The smallest absolute Gasteiger partial charge is 0.164 e. The quantitative estimate of drug-likeness (QED) is 0.157. The summed E-state index contributed by atoms with van der Waals surface area (Å²) in [6.45, 7) is 16.5. The maximum absolute atomic E-state index is 5.27. The fourth-order valence-corrected chi connectivity index (χ4v) is 6.35. The molecular weight excluding hydrogens is 605 g/mol. The summed E-state index contributed by atoms with van der Waals surface area (Å²) in [5, 5.41) is 4.17. The number of amidine groups is 4. The second kappa shape index (κ2) is 14.2. The molecule has 0 saturated carbocycles. The van der Waals surface area contributed by atoms with Gasteiger partial charge in [0.05, 0.1) is 0 Å². The van der Waals surface area contributed by atoms with Crippen LogP contribution in [0.2, 0.25) is 0 Å². The van der Waals surface area contributed by atoms with E-state index in [1.54, 1.807) is 0 Å². The van der Waals surface area contributed by atoms with Gasteiger partial charge in [-0.05, 0) is 0 Å². The molecular formula is C41H42N8. The average molecular weight is 647 g/mol. The number of fused-ring (bicyclic) bond motifs is 14. The van der Waals surface area contributed by atoms with Gasteiger partial charge in [0, 0.05) is 43.8 Å². The minimum atomic E-state index is 0.510. The van der Waals surface area contributed by atoms with Crippen molar-refractivity contribution in [1.82, 2.24) is 9.13 Å². The highest BCUT2D eigenvalue weighted by molar-refractivity contribution is 6.29. The van der Waals surface area contributed by atoms with E-state index in [0.29, 0.717) is 30.0 Å². The number of rotatable bonds is 0. The molecule has 4 aliphatic heterocycles. The van der Waals surface area contributed by atoms with Crippen LogP contribution in [0.1, 0.15) is 77.6 Å². The Bertz CT molecular complexity index is 2450. The number of hydrogen-bond donors (Lipinski definition) is 0. The molecule has 0 saturated heterocycles. The zero-order chi connectivity index (χ0) is 34.7. The summed E-state index contributed by atoms with van der Waals surface area (Å²) >= 11 is 0. The minimum Gasteiger partial charge on any atom is -0.291 e. The van der Waals surface area contributed by atoms with Crippen molar-refractivity contribution >= 4 is 56.5 Å². The Labute approximate surface area is 287 Å². The van der Waals surface area contributed by atoms with Crippen molar-refractivity contribution < 1.29 is 0 Å². The molecule has 0 radical (unpaired) electrons. The molecule has 10 rings (SSSR count). The van der Waals surface area contributed by atoms with Crippen LogP contribution in [0.15, 0.2) is 127 Å². The first-order valence-electron chi connectivity index (χ1n) is 17.5. The minimum absolute atomic E-state index is 0.510. The summed E-state index contributed by atoms with van der Waals surface area (Å²) in [5.41, 5.74) is 5.46. The van der Waals surface area contributed by atoms with E-state index in [0.717, 1.165) is 66.4 Å². The van der Waals surface area contributed by atoms with E-state index in [1.807, 2.05) is 116 Å². The first-order valence-corrected chi connectivity index (χ1v) is 17.5. The highest BCUT2D eigenvalue weighted by Crippen LogP contribution is 2.40. The fourth-order valence-electron chi connectivity index (χ4n) is 6.35. The average Bonchev–Trinajstić information content (AvgIpc) is 3.90. The molecule has 0 N–H and O–H groups in total. The van der Waals surface area contributed by atoms with Crippen molar-refractivity contribution in [2.45, 2.75) is 62.1 Å². The Hall–Kier alpha value is -5.76. The van der Waals surface area contributed by atoms with Gasteiger partial charge in [0.25, 0.3) is 0 Å². The van der Waals surface area contributed by atoms with Gasteiger partial charge < -0.3 is 0 Å². The van der Waals surface area contributed by atoms with Crippen LogP contribution in [0.5, 0.6) is 0 Å². The highest BCUT2D eigenvalue weighted by Gasteiger charge is 2.29. The molecule has 2 aromatic heterocycles. The highest BCUT2D eigenvalue weighted by atomic mass is 15.3. The molecule has 6 aromatic rings. The number of nitrogens with zero attached hydrogens (tertiary/aromatic N) is 8. The van der Waals surface area contributed by atoms with E-state index in [4.69, 9.17) is 30.0 Å². The van der Waals surface area contributed by atoms with Crippen LogP contribution in [-0.4, -0.2) is 32.5 Å². The maximum Gasteiger partial charge on any atom is 0.164 e. The summed E-state index contributed by atoms with van der Waals surface area (Å²) in [5.74, 6) is 4.16.